The Morgan fingerprint density at radius 3 is 2.30 bits per heavy atom. The van der Waals surface area contributed by atoms with Gasteiger partial charge in [0.15, 0.2) is 5.69 Å². The normalized spacial score (nSPS) is 12.7. The number of aromatic nitrogens is 1. The molecule has 0 fully saturated rings. The molecular formula is C17H20N2O4. The van der Waals surface area contributed by atoms with Gasteiger partial charge < -0.3 is 14.9 Å². The molecular weight excluding hydrogens is 296 g/mol. The van der Waals surface area contributed by atoms with E-state index in [9.17, 15) is 9.59 Å². The number of rotatable bonds is 4. The monoisotopic (exact) mass is 316 g/mol. The van der Waals surface area contributed by atoms with Crippen LogP contribution in [-0.2, 0) is 10.2 Å². The summed E-state index contributed by atoms with van der Waals surface area (Å²) in [4.78, 5) is 23.1. The van der Waals surface area contributed by atoms with Crippen LogP contribution < -0.4 is 5.32 Å². The number of nitrogens with one attached hydrogen (secondary N) is 1. The van der Waals surface area contributed by atoms with Crippen molar-refractivity contribution in [2.45, 2.75) is 39.0 Å². The van der Waals surface area contributed by atoms with Gasteiger partial charge in [0.05, 0.1) is 5.92 Å². The molecule has 6 heteroatoms. The molecule has 0 aliphatic heterocycles. The Bertz CT molecular complexity index is 711. The lowest BCUT2D eigenvalue weighted by atomic mass is 9.93. The third-order valence-corrected chi connectivity index (χ3v) is 3.52. The van der Waals surface area contributed by atoms with Crippen LogP contribution in [0.1, 0.15) is 55.4 Å². The highest BCUT2D eigenvalue weighted by molar-refractivity contribution is 6.02. The lowest BCUT2D eigenvalue weighted by Crippen LogP contribution is -2.13. The maximum atomic E-state index is 12.2. The van der Waals surface area contributed by atoms with E-state index in [1.54, 1.807) is 37.3 Å². The first-order valence-electron chi connectivity index (χ1n) is 7.30. The van der Waals surface area contributed by atoms with Crippen LogP contribution in [0.3, 0.4) is 0 Å². The van der Waals surface area contributed by atoms with Crippen LogP contribution in [0, 0.1) is 0 Å². The van der Waals surface area contributed by atoms with Gasteiger partial charge in [0.25, 0.3) is 5.91 Å². The lowest BCUT2D eigenvalue weighted by Gasteiger charge is -2.12. The number of amides is 1. The van der Waals surface area contributed by atoms with E-state index in [1.165, 1.54) is 0 Å². The third-order valence-electron chi connectivity index (χ3n) is 3.52. The van der Waals surface area contributed by atoms with E-state index >= 15 is 0 Å². The zero-order chi connectivity index (χ0) is 17.2. The molecule has 23 heavy (non-hydrogen) atoms. The number of aliphatic carboxylic acids is 1. The zero-order valence-corrected chi connectivity index (χ0v) is 13.6. The number of carboxylic acid groups (broad SMARTS) is 1. The Morgan fingerprint density at radius 2 is 1.83 bits per heavy atom. The highest BCUT2D eigenvalue weighted by atomic mass is 16.5. The summed E-state index contributed by atoms with van der Waals surface area (Å²) in [6.45, 7) is 7.52. The molecule has 2 rings (SSSR count). The van der Waals surface area contributed by atoms with Crippen molar-refractivity contribution in [2.75, 3.05) is 5.32 Å². The summed E-state index contributed by atoms with van der Waals surface area (Å²) in [6.07, 6.45) is 0. The van der Waals surface area contributed by atoms with Crippen LogP contribution in [-0.4, -0.2) is 22.1 Å². The van der Waals surface area contributed by atoms with Gasteiger partial charge >= 0.3 is 5.97 Å². The molecule has 1 aromatic heterocycles. The maximum Gasteiger partial charge on any atom is 0.310 e. The molecule has 6 nitrogen and oxygen atoms in total. The van der Waals surface area contributed by atoms with Crippen molar-refractivity contribution >= 4 is 17.6 Å². The number of nitrogens with zero attached hydrogens (tertiary/aromatic N) is 1. The molecule has 0 saturated heterocycles. The largest absolute Gasteiger partial charge is 0.481 e. The lowest BCUT2D eigenvalue weighted by molar-refractivity contribution is -0.138. The molecule has 2 N–H and O–H groups in total. The number of anilines is 1. The SMILES string of the molecule is CC(C(=O)O)c1ccc(NC(=O)c2cc(C(C)(C)C)on2)cc1. The predicted octanol–water partition coefficient (Wildman–Crippen LogP) is 3.41. The Kier molecular flexibility index (Phi) is 4.54. The summed E-state index contributed by atoms with van der Waals surface area (Å²) in [6, 6.07) is 8.31. The van der Waals surface area contributed by atoms with Gasteiger partial charge in [-0.25, -0.2) is 0 Å². The van der Waals surface area contributed by atoms with Crippen molar-refractivity contribution in [3.8, 4) is 0 Å². The quantitative estimate of drug-likeness (QED) is 0.901. The van der Waals surface area contributed by atoms with Crippen molar-refractivity contribution < 1.29 is 19.2 Å². The Hall–Kier alpha value is -2.63. The number of carbonyl (C=O) groups excluding carboxylic acids is 1. The maximum absolute atomic E-state index is 12.2. The minimum absolute atomic E-state index is 0.206. The van der Waals surface area contributed by atoms with Gasteiger partial charge in [-0.15, -0.1) is 0 Å². The minimum Gasteiger partial charge on any atom is -0.481 e. The summed E-state index contributed by atoms with van der Waals surface area (Å²) in [7, 11) is 0. The van der Waals surface area contributed by atoms with Gasteiger partial charge in [0.2, 0.25) is 0 Å². The summed E-state index contributed by atoms with van der Waals surface area (Å²) in [5, 5.41) is 15.5. The van der Waals surface area contributed by atoms with Crippen LogP contribution in [0.25, 0.3) is 0 Å². The van der Waals surface area contributed by atoms with E-state index in [2.05, 4.69) is 10.5 Å². The standard InChI is InChI=1S/C17H20N2O4/c1-10(16(21)22)11-5-7-12(8-6-11)18-15(20)13-9-14(23-19-13)17(2,3)4/h5-10H,1-4H3,(H,18,20)(H,21,22). The highest BCUT2D eigenvalue weighted by Crippen LogP contribution is 2.23. The van der Waals surface area contributed by atoms with Gasteiger partial charge in [-0.1, -0.05) is 38.1 Å². The number of benzene rings is 1. The van der Waals surface area contributed by atoms with Crippen molar-refractivity contribution in [1.29, 1.82) is 0 Å². The molecule has 0 saturated carbocycles. The molecule has 1 heterocycles. The number of carbonyl (C=O) groups is 2. The van der Waals surface area contributed by atoms with Crippen molar-refractivity contribution in [3.63, 3.8) is 0 Å². The van der Waals surface area contributed by atoms with E-state index in [0.29, 0.717) is 17.0 Å². The summed E-state index contributed by atoms with van der Waals surface area (Å²) in [5.41, 5.74) is 1.22. The fourth-order valence-electron chi connectivity index (χ4n) is 1.93. The van der Waals surface area contributed by atoms with Crippen LogP contribution in [0.2, 0.25) is 0 Å². The van der Waals surface area contributed by atoms with E-state index in [4.69, 9.17) is 9.63 Å². The van der Waals surface area contributed by atoms with Crippen molar-refractivity contribution in [1.82, 2.24) is 5.16 Å². The van der Waals surface area contributed by atoms with Crippen LogP contribution in [0.5, 0.6) is 0 Å². The summed E-state index contributed by atoms with van der Waals surface area (Å²) >= 11 is 0. The molecule has 0 spiro atoms. The number of hydrogen-bond acceptors (Lipinski definition) is 4. The second-order valence-electron chi connectivity index (χ2n) is 6.46. The minimum atomic E-state index is -0.890. The van der Waals surface area contributed by atoms with E-state index in [1.807, 2.05) is 20.8 Å². The summed E-state index contributed by atoms with van der Waals surface area (Å²) < 4.78 is 5.19. The number of hydrogen-bond donors (Lipinski definition) is 2. The molecule has 1 atom stereocenters. The number of carboxylic acids is 1. The van der Waals surface area contributed by atoms with E-state index < -0.39 is 11.9 Å². The first kappa shape index (κ1) is 16.7. The van der Waals surface area contributed by atoms with Crippen molar-refractivity contribution in [3.05, 3.63) is 47.3 Å². The van der Waals surface area contributed by atoms with Gasteiger partial charge in [0.1, 0.15) is 5.76 Å². The average molecular weight is 316 g/mol. The highest BCUT2D eigenvalue weighted by Gasteiger charge is 2.22. The molecule has 1 aromatic carbocycles. The van der Waals surface area contributed by atoms with Gasteiger partial charge in [0, 0.05) is 17.2 Å². The summed E-state index contributed by atoms with van der Waals surface area (Å²) in [5.74, 6) is -1.22. The molecule has 0 bridgehead atoms. The third kappa shape index (κ3) is 3.97. The molecule has 0 aliphatic rings. The average Bonchev–Trinajstić information content (AvgIpc) is 2.97. The molecule has 1 amide bonds. The fourth-order valence-corrected chi connectivity index (χ4v) is 1.93. The second-order valence-corrected chi connectivity index (χ2v) is 6.46. The topological polar surface area (TPSA) is 92.4 Å². The van der Waals surface area contributed by atoms with Crippen LogP contribution in [0.4, 0.5) is 5.69 Å². The fraction of sp³-hybridized carbons (Fsp3) is 0.353. The molecule has 0 radical (unpaired) electrons. The van der Waals surface area contributed by atoms with E-state index in [0.717, 1.165) is 0 Å². The van der Waals surface area contributed by atoms with Crippen molar-refractivity contribution in [2.24, 2.45) is 0 Å². The molecule has 0 aliphatic carbocycles. The zero-order valence-electron chi connectivity index (χ0n) is 13.6. The Balaban J connectivity index is 2.08. The Morgan fingerprint density at radius 1 is 1.22 bits per heavy atom. The van der Waals surface area contributed by atoms with Crippen LogP contribution in [0.15, 0.2) is 34.9 Å². The van der Waals surface area contributed by atoms with Gasteiger partial charge in [-0.05, 0) is 24.6 Å². The van der Waals surface area contributed by atoms with Gasteiger partial charge in [-0.3, -0.25) is 9.59 Å². The first-order chi connectivity index (χ1) is 10.7. The van der Waals surface area contributed by atoms with E-state index in [-0.39, 0.29) is 17.0 Å². The van der Waals surface area contributed by atoms with Gasteiger partial charge in [-0.2, -0.15) is 0 Å². The second kappa shape index (κ2) is 6.24. The predicted molar refractivity (Wildman–Crippen MR) is 85.6 cm³/mol. The molecule has 1 unspecified atom stereocenters. The molecule has 2 aromatic rings. The first-order valence-corrected chi connectivity index (χ1v) is 7.30. The Labute approximate surface area is 134 Å². The van der Waals surface area contributed by atoms with Crippen LogP contribution >= 0.6 is 0 Å². The molecule has 122 valence electrons. The smallest absolute Gasteiger partial charge is 0.310 e.